The zero-order valence-electron chi connectivity index (χ0n) is 9.95. The highest BCUT2D eigenvalue weighted by atomic mass is 19.1. The van der Waals surface area contributed by atoms with E-state index in [0.29, 0.717) is 23.9 Å². The van der Waals surface area contributed by atoms with Crippen molar-refractivity contribution < 1.29 is 8.78 Å². The SMILES string of the molecule is C=CCn1c(C)nc(-c2ccc(F)cc2F)c1N. The lowest BCUT2D eigenvalue weighted by atomic mass is 10.1. The zero-order chi connectivity index (χ0) is 13.3. The molecule has 0 bridgehead atoms. The molecule has 5 heteroatoms. The van der Waals surface area contributed by atoms with Crippen LogP contribution in [0.2, 0.25) is 0 Å². The minimum absolute atomic E-state index is 0.194. The van der Waals surface area contributed by atoms with Crippen LogP contribution in [0.15, 0.2) is 30.9 Å². The van der Waals surface area contributed by atoms with Crippen LogP contribution in [0.3, 0.4) is 0 Å². The Kier molecular flexibility index (Phi) is 3.14. The molecule has 2 aromatic rings. The third-order valence-corrected chi connectivity index (χ3v) is 2.70. The van der Waals surface area contributed by atoms with Crippen molar-refractivity contribution in [3.8, 4) is 11.3 Å². The third kappa shape index (κ3) is 1.99. The Labute approximate surface area is 104 Å². The molecule has 0 atom stereocenters. The summed E-state index contributed by atoms with van der Waals surface area (Å²) in [4.78, 5) is 4.22. The fourth-order valence-electron chi connectivity index (χ4n) is 1.82. The van der Waals surface area contributed by atoms with Crippen LogP contribution in [0.5, 0.6) is 0 Å². The van der Waals surface area contributed by atoms with Gasteiger partial charge in [0.2, 0.25) is 0 Å². The van der Waals surface area contributed by atoms with E-state index in [1.54, 1.807) is 17.6 Å². The number of nitrogens with zero attached hydrogens (tertiary/aromatic N) is 2. The van der Waals surface area contributed by atoms with E-state index >= 15 is 0 Å². The molecule has 0 aliphatic carbocycles. The fraction of sp³-hybridized carbons (Fsp3) is 0.154. The van der Waals surface area contributed by atoms with Gasteiger partial charge in [0.25, 0.3) is 0 Å². The van der Waals surface area contributed by atoms with E-state index in [1.807, 2.05) is 0 Å². The van der Waals surface area contributed by atoms with Crippen molar-refractivity contribution in [1.29, 1.82) is 0 Å². The molecule has 0 saturated heterocycles. The van der Waals surface area contributed by atoms with Gasteiger partial charge in [-0.3, -0.25) is 0 Å². The van der Waals surface area contributed by atoms with Crippen LogP contribution in [0.4, 0.5) is 14.6 Å². The average Bonchev–Trinajstić information content (AvgIpc) is 2.58. The molecular formula is C13H13F2N3. The smallest absolute Gasteiger partial charge is 0.135 e. The Hall–Kier alpha value is -2.17. The number of aromatic nitrogens is 2. The first-order valence-electron chi connectivity index (χ1n) is 5.43. The number of imidazole rings is 1. The summed E-state index contributed by atoms with van der Waals surface area (Å²) >= 11 is 0. The highest BCUT2D eigenvalue weighted by Gasteiger charge is 2.16. The molecule has 0 unspecified atom stereocenters. The van der Waals surface area contributed by atoms with E-state index in [9.17, 15) is 8.78 Å². The van der Waals surface area contributed by atoms with Crippen LogP contribution in [0, 0.1) is 18.6 Å². The second-order valence-electron chi connectivity index (χ2n) is 3.92. The number of nitrogen functional groups attached to an aromatic ring is 1. The number of hydrogen-bond acceptors (Lipinski definition) is 2. The Morgan fingerprint density at radius 3 is 2.78 bits per heavy atom. The molecule has 94 valence electrons. The largest absolute Gasteiger partial charge is 0.383 e. The number of rotatable bonds is 3. The first kappa shape index (κ1) is 12.3. The van der Waals surface area contributed by atoms with Gasteiger partial charge in [-0.05, 0) is 19.1 Å². The number of hydrogen-bond donors (Lipinski definition) is 1. The molecule has 0 saturated carbocycles. The maximum Gasteiger partial charge on any atom is 0.135 e. The lowest BCUT2D eigenvalue weighted by Crippen LogP contribution is -2.03. The van der Waals surface area contributed by atoms with Gasteiger partial charge >= 0.3 is 0 Å². The van der Waals surface area contributed by atoms with Gasteiger partial charge in [-0.25, -0.2) is 13.8 Å². The lowest BCUT2D eigenvalue weighted by Gasteiger charge is -2.04. The van der Waals surface area contributed by atoms with Crippen molar-refractivity contribution >= 4 is 5.82 Å². The Morgan fingerprint density at radius 2 is 2.17 bits per heavy atom. The van der Waals surface area contributed by atoms with E-state index in [4.69, 9.17) is 5.73 Å². The first-order chi connectivity index (χ1) is 8.54. The summed E-state index contributed by atoms with van der Waals surface area (Å²) in [5.41, 5.74) is 6.44. The minimum atomic E-state index is -0.676. The summed E-state index contributed by atoms with van der Waals surface area (Å²) in [6.07, 6.45) is 1.68. The molecule has 0 spiro atoms. The number of anilines is 1. The molecule has 0 aliphatic rings. The number of nitrogens with two attached hydrogens (primary N) is 1. The van der Waals surface area contributed by atoms with Gasteiger partial charge in [0, 0.05) is 18.2 Å². The van der Waals surface area contributed by atoms with E-state index in [0.717, 1.165) is 6.07 Å². The molecule has 1 aromatic carbocycles. The number of halogens is 2. The van der Waals surface area contributed by atoms with Gasteiger partial charge in [0.1, 0.15) is 29.0 Å². The van der Waals surface area contributed by atoms with Gasteiger partial charge in [-0.1, -0.05) is 6.08 Å². The second-order valence-corrected chi connectivity index (χ2v) is 3.92. The third-order valence-electron chi connectivity index (χ3n) is 2.70. The maximum atomic E-state index is 13.7. The first-order valence-corrected chi connectivity index (χ1v) is 5.43. The number of benzene rings is 1. The Morgan fingerprint density at radius 1 is 1.44 bits per heavy atom. The molecule has 18 heavy (non-hydrogen) atoms. The van der Waals surface area contributed by atoms with Gasteiger partial charge in [0.05, 0.1) is 0 Å². The highest BCUT2D eigenvalue weighted by molar-refractivity contribution is 5.71. The van der Waals surface area contributed by atoms with Crippen LogP contribution in [-0.4, -0.2) is 9.55 Å². The zero-order valence-corrected chi connectivity index (χ0v) is 9.95. The van der Waals surface area contributed by atoms with Crippen molar-refractivity contribution in [3.05, 3.63) is 48.3 Å². The molecular weight excluding hydrogens is 236 g/mol. The lowest BCUT2D eigenvalue weighted by molar-refractivity contribution is 0.585. The monoisotopic (exact) mass is 249 g/mol. The molecule has 2 rings (SSSR count). The molecule has 0 amide bonds. The van der Waals surface area contributed by atoms with E-state index < -0.39 is 11.6 Å². The van der Waals surface area contributed by atoms with Crippen LogP contribution in [0.25, 0.3) is 11.3 Å². The number of allylic oxidation sites excluding steroid dienone is 1. The van der Waals surface area contributed by atoms with Gasteiger partial charge < -0.3 is 10.3 Å². The molecule has 1 heterocycles. The molecule has 0 radical (unpaired) electrons. The van der Waals surface area contributed by atoms with Gasteiger partial charge in [0.15, 0.2) is 0 Å². The van der Waals surface area contributed by atoms with Crippen molar-refractivity contribution in [2.75, 3.05) is 5.73 Å². The maximum absolute atomic E-state index is 13.7. The van der Waals surface area contributed by atoms with E-state index in [1.165, 1.54) is 12.1 Å². The van der Waals surface area contributed by atoms with Crippen LogP contribution in [0.1, 0.15) is 5.82 Å². The summed E-state index contributed by atoms with van der Waals surface area (Å²) in [5.74, 6) is -0.300. The molecule has 0 fully saturated rings. The van der Waals surface area contributed by atoms with Crippen molar-refractivity contribution in [2.45, 2.75) is 13.5 Å². The van der Waals surface area contributed by atoms with Crippen molar-refractivity contribution in [2.24, 2.45) is 0 Å². The molecule has 2 N–H and O–H groups in total. The normalized spacial score (nSPS) is 10.6. The standard InChI is InChI=1S/C13H13F2N3/c1-3-6-18-8(2)17-12(13(18)16)10-5-4-9(14)7-11(10)15/h3-5,7H,1,6,16H2,2H3. The topological polar surface area (TPSA) is 43.8 Å². The predicted molar refractivity (Wildman–Crippen MR) is 66.9 cm³/mol. The quantitative estimate of drug-likeness (QED) is 0.850. The molecule has 3 nitrogen and oxygen atoms in total. The molecule has 0 aliphatic heterocycles. The Balaban J connectivity index is 2.57. The van der Waals surface area contributed by atoms with E-state index in [-0.39, 0.29) is 5.56 Å². The summed E-state index contributed by atoms with van der Waals surface area (Å²) < 4.78 is 28.3. The van der Waals surface area contributed by atoms with Gasteiger partial charge in [-0.15, -0.1) is 6.58 Å². The summed E-state index contributed by atoms with van der Waals surface area (Å²) in [5, 5.41) is 0. The Bertz CT molecular complexity index is 603. The van der Waals surface area contributed by atoms with Crippen LogP contribution in [-0.2, 0) is 6.54 Å². The van der Waals surface area contributed by atoms with Gasteiger partial charge in [-0.2, -0.15) is 0 Å². The predicted octanol–water partition coefficient (Wildman–Crippen LogP) is 2.90. The van der Waals surface area contributed by atoms with E-state index in [2.05, 4.69) is 11.6 Å². The average molecular weight is 249 g/mol. The fourth-order valence-corrected chi connectivity index (χ4v) is 1.82. The van der Waals surface area contributed by atoms with Crippen LogP contribution >= 0.6 is 0 Å². The number of aryl methyl sites for hydroxylation is 1. The van der Waals surface area contributed by atoms with Crippen LogP contribution < -0.4 is 5.73 Å². The summed E-state index contributed by atoms with van der Waals surface area (Å²) in [6.45, 7) is 5.88. The minimum Gasteiger partial charge on any atom is -0.383 e. The highest BCUT2D eigenvalue weighted by Crippen LogP contribution is 2.28. The summed E-state index contributed by atoms with van der Waals surface area (Å²) in [7, 11) is 0. The van der Waals surface area contributed by atoms with Crippen molar-refractivity contribution in [1.82, 2.24) is 9.55 Å². The molecule has 1 aromatic heterocycles. The van der Waals surface area contributed by atoms with Crippen molar-refractivity contribution in [3.63, 3.8) is 0 Å². The second kappa shape index (κ2) is 4.60. The summed E-state index contributed by atoms with van der Waals surface area (Å²) in [6, 6.07) is 3.33.